The Bertz CT molecular complexity index is 2280. The number of H-pyrrole nitrogens is 2. The van der Waals surface area contributed by atoms with Crippen LogP contribution in [0.3, 0.4) is 0 Å². The van der Waals surface area contributed by atoms with E-state index < -0.39 is 18.2 Å². The number of hydrogen-bond donors (Lipinski definition) is 3. The number of ether oxygens (including phenoxy) is 2. The van der Waals surface area contributed by atoms with E-state index in [9.17, 15) is 14.4 Å². The normalized spacial score (nSPS) is 17.1. The molecule has 0 spiro atoms. The molecule has 3 aromatic carbocycles. The van der Waals surface area contributed by atoms with Gasteiger partial charge in [-0.2, -0.15) is 54.0 Å². The minimum absolute atomic E-state index is 0. The van der Waals surface area contributed by atoms with Crippen LogP contribution in [-0.4, -0.2) is 93.4 Å². The molecule has 2 aliphatic rings. The number of nitrogens with one attached hydrogen (secondary N) is 3. The number of amides is 3. The summed E-state index contributed by atoms with van der Waals surface area (Å²) in [6.07, 6.45) is 7.72. The Hall–Kier alpha value is -4.32. The first-order valence-electron chi connectivity index (χ1n) is 20.1. The van der Waals surface area contributed by atoms with Crippen LogP contribution in [-0.2, 0) is 31.9 Å². The Balaban J connectivity index is 0.00000248. The van der Waals surface area contributed by atoms with E-state index in [1.165, 1.54) is 24.5 Å². The Morgan fingerprint density at radius 1 is 0.803 bits per heavy atom. The second-order valence-corrected chi connectivity index (χ2v) is 16.0. The van der Waals surface area contributed by atoms with Crippen LogP contribution in [0.2, 0.25) is 0 Å². The highest BCUT2D eigenvalue weighted by molar-refractivity contribution is 7.59. The van der Waals surface area contributed by atoms with Crippen LogP contribution < -0.4 is 5.32 Å². The molecule has 4 atom stereocenters. The minimum atomic E-state index is -0.664. The van der Waals surface area contributed by atoms with Crippen molar-refractivity contribution in [2.75, 3.05) is 27.3 Å². The van der Waals surface area contributed by atoms with E-state index in [1.54, 1.807) is 7.11 Å². The molecule has 61 heavy (non-hydrogen) atoms. The van der Waals surface area contributed by atoms with Gasteiger partial charge in [-0.3, -0.25) is 9.59 Å². The molecule has 0 unspecified atom stereocenters. The molecule has 2 fully saturated rings. The molecule has 13 nitrogen and oxygen atoms in total. The van der Waals surface area contributed by atoms with Gasteiger partial charge in [0.05, 0.1) is 37.3 Å². The van der Waals surface area contributed by atoms with E-state index in [0.29, 0.717) is 13.1 Å². The van der Waals surface area contributed by atoms with Gasteiger partial charge in [-0.1, -0.05) is 64.1 Å². The maximum atomic E-state index is 13.6. The molecule has 0 radical (unpaired) electrons. The van der Waals surface area contributed by atoms with Crippen molar-refractivity contribution in [1.29, 1.82) is 0 Å². The summed E-state index contributed by atoms with van der Waals surface area (Å²) in [6, 6.07) is 18.0. The Labute approximate surface area is 386 Å². The predicted octanol–water partition coefficient (Wildman–Crippen LogP) is 7.75. The van der Waals surface area contributed by atoms with E-state index >= 15 is 0 Å². The van der Waals surface area contributed by atoms with Crippen molar-refractivity contribution < 1.29 is 23.9 Å². The maximum Gasteiger partial charge on any atom is 0.407 e. The van der Waals surface area contributed by atoms with Gasteiger partial charge in [0.25, 0.3) is 0 Å². The Kier molecular flexibility index (Phi) is 19.0. The van der Waals surface area contributed by atoms with Gasteiger partial charge < -0.3 is 34.6 Å². The van der Waals surface area contributed by atoms with Crippen LogP contribution in [0.5, 0.6) is 0 Å². The minimum Gasteiger partial charge on any atom is -0.487 e. The summed E-state index contributed by atoms with van der Waals surface area (Å²) < 4.78 is 9.79. The van der Waals surface area contributed by atoms with Gasteiger partial charge >= 0.3 is 6.09 Å². The third-order valence-electron chi connectivity index (χ3n) is 11.4. The van der Waals surface area contributed by atoms with Crippen LogP contribution in [0.15, 0.2) is 65.8 Å². The monoisotopic (exact) mass is 910 g/mol. The summed E-state index contributed by atoms with van der Waals surface area (Å²) in [4.78, 5) is 63.9. The fourth-order valence-electron chi connectivity index (χ4n) is 8.27. The topological polar surface area (TPSA) is 158 Å². The molecule has 17 heteroatoms. The van der Waals surface area contributed by atoms with Crippen LogP contribution in [0.4, 0.5) is 4.79 Å². The first-order valence-corrected chi connectivity index (χ1v) is 20.1. The van der Waals surface area contributed by atoms with Crippen LogP contribution >= 0.6 is 54.0 Å². The molecule has 7 rings (SSSR count). The molecule has 3 N–H and O–H groups in total. The number of likely N-dealkylation sites (tertiary alicyclic amines) is 2. The van der Waals surface area contributed by atoms with Crippen molar-refractivity contribution in [2.45, 2.75) is 90.4 Å². The lowest BCUT2D eigenvalue weighted by Crippen LogP contribution is -2.51. The van der Waals surface area contributed by atoms with Gasteiger partial charge in [-0.25, -0.2) is 19.8 Å². The molecule has 3 amide bonds. The molecule has 0 aliphatic carbocycles. The lowest BCUT2D eigenvalue weighted by molar-refractivity contribution is -0.136. The Morgan fingerprint density at radius 3 is 2.11 bits per heavy atom. The molecular formula is C44H62N8O5S4. The average molecular weight is 911 g/mol. The first-order chi connectivity index (χ1) is 27.5. The molecule has 2 aromatic heterocycles. The smallest absolute Gasteiger partial charge is 0.407 e. The summed E-state index contributed by atoms with van der Waals surface area (Å²) in [7, 11) is 2.84. The van der Waals surface area contributed by atoms with Crippen molar-refractivity contribution in [2.24, 2.45) is 16.8 Å². The van der Waals surface area contributed by atoms with Gasteiger partial charge in [0, 0.05) is 25.0 Å². The van der Waals surface area contributed by atoms with E-state index in [1.807, 2.05) is 49.8 Å². The number of alkyl carbamates (subject to hydrolysis) is 1. The number of aliphatic imine (C=N–C) groups is 1. The van der Waals surface area contributed by atoms with Crippen LogP contribution in [0.1, 0.15) is 88.4 Å². The number of methoxy groups -OCH3 is 2. The molecule has 2 aliphatic heterocycles. The third kappa shape index (κ3) is 11.4. The number of nitrogens with zero attached hydrogens (tertiary/aromatic N) is 5. The van der Waals surface area contributed by atoms with E-state index in [2.05, 4.69) is 68.8 Å². The number of imidazole rings is 2. The summed E-state index contributed by atoms with van der Waals surface area (Å²) in [5.74, 6) is 1.45. The third-order valence-corrected chi connectivity index (χ3v) is 11.4. The lowest BCUT2D eigenvalue weighted by atomic mass is 9.98. The van der Waals surface area contributed by atoms with Crippen molar-refractivity contribution in [3.8, 4) is 11.1 Å². The molecule has 2 saturated heterocycles. The number of rotatable bonds is 13. The Morgan fingerprint density at radius 2 is 1.44 bits per heavy atom. The highest BCUT2D eigenvalue weighted by atomic mass is 32.1. The molecular weight excluding hydrogens is 849 g/mol. The van der Waals surface area contributed by atoms with Crippen molar-refractivity contribution >= 4 is 100 Å². The quantitative estimate of drug-likeness (QED) is 0.0806. The zero-order valence-electron chi connectivity index (χ0n) is 35.7. The second-order valence-electron chi connectivity index (χ2n) is 16.0. The van der Waals surface area contributed by atoms with Gasteiger partial charge in [0.1, 0.15) is 23.7 Å². The number of benzene rings is 3. The zero-order chi connectivity index (χ0) is 40.2. The van der Waals surface area contributed by atoms with E-state index in [0.717, 1.165) is 83.4 Å². The van der Waals surface area contributed by atoms with Gasteiger partial charge in [-0.15, -0.1) is 0 Å². The highest BCUT2D eigenvalue weighted by Crippen LogP contribution is 2.35. The standard InChI is InChI=1S/C44H54N8O5.4H2S/c1-26(2)38(46-25-56-5)42(53)52-20-8-10-37(52)41-48-34-18-16-32(23-35(34)49-41)31-15-14-29-21-28(11-13-30(29)22-31)12-17-33-24-45-40(47-33)36-9-7-19-51(36)43(54)39(27(3)4)50-44(55)57-6;;;;/h11,13-16,18,21-27,36-39H,7-10,12,17,19-20H2,1-6H3,(H,45,47)(H,48,49)(H,50,55);4*1H2/t36-,37-,38-,39-;;;;/m0..../s1. The van der Waals surface area contributed by atoms with E-state index in [-0.39, 0.29) is 89.7 Å². The zero-order valence-corrected chi connectivity index (χ0v) is 39.7. The van der Waals surface area contributed by atoms with Crippen LogP contribution in [0, 0.1) is 11.8 Å². The summed E-state index contributed by atoms with van der Waals surface area (Å²) in [5.41, 5.74) is 6.28. The van der Waals surface area contributed by atoms with Crippen LogP contribution in [0.25, 0.3) is 32.9 Å². The van der Waals surface area contributed by atoms with Gasteiger partial charge in [-0.05, 0) is 96.0 Å². The molecule has 0 bridgehead atoms. The number of carbonyl (C=O) groups excluding carboxylic acids is 3. The van der Waals surface area contributed by atoms with Crippen molar-refractivity contribution in [1.82, 2.24) is 35.1 Å². The molecule has 332 valence electrons. The number of hydrogen-bond acceptors (Lipinski definition) is 8. The number of aryl methyl sites for hydroxylation is 2. The predicted molar refractivity (Wildman–Crippen MR) is 262 cm³/mol. The average Bonchev–Trinajstić information content (AvgIpc) is 4.04. The largest absolute Gasteiger partial charge is 0.487 e. The van der Waals surface area contributed by atoms with Crippen molar-refractivity contribution in [3.05, 3.63) is 83.7 Å². The van der Waals surface area contributed by atoms with Crippen molar-refractivity contribution in [3.63, 3.8) is 0 Å². The molecule has 0 saturated carbocycles. The fourth-order valence-corrected chi connectivity index (χ4v) is 8.27. The summed E-state index contributed by atoms with van der Waals surface area (Å²) in [5, 5.41) is 5.04. The summed E-state index contributed by atoms with van der Waals surface area (Å²) >= 11 is 0. The van der Waals surface area contributed by atoms with Gasteiger partial charge in [0.2, 0.25) is 11.8 Å². The first kappa shape index (κ1) is 51.0. The SMILES string of the molecule is COC=N[C@H](C(=O)N1CCC[C@H]1c1nc2ccc(-c3ccc4cc(CCc5cnc([C@@H]6CCCN6C(=O)[C@@H](NC(=O)OC)C(C)C)[nH]5)ccc4c3)cc2[nH]1)C(C)C.S.S.S.S. The maximum absolute atomic E-state index is 13.6. The number of aromatic nitrogens is 4. The van der Waals surface area contributed by atoms with Gasteiger partial charge in [0.15, 0.2) is 6.40 Å². The number of fused-ring (bicyclic) bond motifs is 2. The van der Waals surface area contributed by atoms with E-state index in [4.69, 9.17) is 19.4 Å². The molecule has 4 heterocycles. The highest BCUT2D eigenvalue weighted by Gasteiger charge is 2.38. The lowest BCUT2D eigenvalue weighted by Gasteiger charge is -2.30. The summed E-state index contributed by atoms with van der Waals surface area (Å²) in [6.45, 7) is 9.14. The number of aromatic amines is 2. The second kappa shape index (κ2) is 22.7. The number of carbonyl (C=O) groups is 3. The molecule has 5 aromatic rings. The fraction of sp³-hybridized carbons (Fsp3) is 0.455.